The van der Waals surface area contributed by atoms with E-state index in [4.69, 9.17) is 4.74 Å². The minimum absolute atomic E-state index is 0.766. The third-order valence-electron chi connectivity index (χ3n) is 3.89. The first kappa shape index (κ1) is 16.1. The second kappa shape index (κ2) is 8.20. The fraction of sp³-hybridized carbons (Fsp3) is 0.556. The summed E-state index contributed by atoms with van der Waals surface area (Å²) in [5, 5.41) is 0. The fourth-order valence-corrected chi connectivity index (χ4v) is 2.80. The van der Waals surface area contributed by atoms with Gasteiger partial charge in [-0.3, -0.25) is 4.90 Å². The summed E-state index contributed by atoms with van der Waals surface area (Å²) in [5.41, 5.74) is 1.15. The van der Waals surface area contributed by atoms with Crippen LogP contribution in [-0.4, -0.2) is 56.2 Å². The van der Waals surface area contributed by atoms with Gasteiger partial charge in [0.15, 0.2) is 0 Å². The van der Waals surface area contributed by atoms with Crippen molar-refractivity contribution in [1.29, 1.82) is 0 Å². The Bertz CT molecular complexity index is 448. The van der Waals surface area contributed by atoms with Crippen LogP contribution in [0, 0.1) is 5.92 Å². The van der Waals surface area contributed by atoms with Gasteiger partial charge in [-0.05, 0) is 12.0 Å². The van der Waals surface area contributed by atoms with Crippen LogP contribution in [-0.2, 0) is 0 Å². The number of ether oxygens (including phenoxy) is 1. The van der Waals surface area contributed by atoms with Gasteiger partial charge in [0.1, 0.15) is 5.75 Å². The van der Waals surface area contributed by atoms with Crippen molar-refractivity contribution in [2.75, 3.05) is 46.4 Å². The van der Waals surface area contributed by atoms with Gasteiger partial charge in [0.25, 0.3) is 0 Å². The van der Waals surface area contributed by atoms with E-state index in [0.717, 1.165) is 23.8 Å². The standard InChI is InChI=1S/C18H28N2O/c1-16(2)15-20-13-11-19(12-14-20)10-6-8-17-7-4-5-9-18(17)21-3/h4-9,16H,10-15H2,1-3H3. The van der Waals surface area contributed by atoms with Crippen molar-refractivity contribution in [3.63, 3.8) is 0 Å². The van der Waals surface area contributed by atoms with Crippen LogP contribution in [0.1, 0.15) is 19.4 Å². The van der Waals surface area contributed by atoms with Crippen LogP contribution in [0.2, 0.25) is 0 Å². The molecule has 0 unspecified atom stereocenters. The number of methoxy groups -OCH3 is 1. The smallest absolute Gasteiger partial charge is 0.126 e. The van der Waals surface area contributed by atoms with Crippen LogP contribution >= 0.6 is 0 Å². The van der Waals surface area contributed by atoms with E-state index in [1.54, 1.807) is 7.11 Å². The molecule has 0 saturated carbocycles. The Morgan fingerprint density at radius 3 is 2.43 bits per heavy atom. The highest BCUT2D eigenvalue weighted by Gasteiger charge is 2.16. The van der Waals surface area contributed by atoms with Gasteiger partial charge >= 0.3 is 0 Å². The molecule has 0 atom stereocenters. The molecule has 3 heteroatoms. The maximum Gasteiger partial charge on any atom is 0.126 e. The summed E-state index contributed by atoms with van der Waals surface area (Å²) in [7, 11) is 1.72. The summed E-state index contributed by atoms with van der Waals surface area (Å²) in [6.45, 7) is 11.6. The Labute approximate surface area is 129 Å². The monoisotopic (exact) mass is 288 g/mol. The molecular weight excluding hydrogens is 260 g/mol. The summed E-state index contributed by atoms with van der Waals surface area (Å²) in [6, 6.07) is 8.15. The summed E-state index contributed by atoms with van der Waals surface area (Å²) in [6.07, 6.45) is 4.41. The average Bonchev–Trinajstić information content (AvgIpc) is 2.49. The van der Waals surface area contributed by atoms with E-state index in [2.05, 4.69) is 41.9 Å². The molecule has 1 heterocycles. The summed E-state index contributed by atoms with van der Waals surface area (Å²) >= 11 is 0. The molecule has 1 saturated heterocycles. The SMILES string of the molecule is COc1ccccc1C=CCN1CCN(CC(C)C)CC1. The maximum absolute atomic E-state index is 5.37. The van der Waals surface area contributed by atoms with Crippen molar-refractivity contribution in [2.45, 2.75) is 13.8 Å². The lowest BCUT2D eigenvalue weighted by Crippen LogP contribution is -2.47. The van der Waals surface area contributed by atoms with E-state index < -0.39 is 0 Å². The van der Waals surface area contributed by atoms with Crippen molar-refractivity contribution >= 4 is 6.08 Å². The predicted molar refractivity (Wildman–Crippen MR) is 89.7 cm³/mol. The minimum atomic E-state index is 0.766. The van der Waals surface area contributed by atoms with E-state index in [1.807, 2.05) is 18.2 Å². The second-order valence-electron chi connectivity index (χ2n) is 6.14. The number of hydrogen-bond acceptors (Lipinski definition) is 3. The first-order valence-electron chi connectivity index (χ1n) is 7.93. The van der Waals surface area contributed by atoms with Crippen molar-refractivity contribution in [2.24, 2.45) is 5.92 Å². The zero-order chi connectivity index (χ0) is 15.1. The van der Waals surface area contributed by atoms with Crippen molar-refractivity contribution in [3.8, 4) is 5.75 Å². The number of para-hydroxylation sites is 1. The fourth-order valence-electron chi connectivity index (χ4n) is 2.80. The van der Waals surface area contributed by atoms with Gasteiger partial charge in [0, 0.05) is 44.8 Å². The molecule has 1 fully saturated rings. The molecule has 0 amide bonds. The Hall–Kier alpha value is -1.32. The molecule has 116 valence electrons. The number of piperazine rings is 1. The van der Waals surface area contributed by atoms with E-state index in [1.165, 1.54) is 32.7 Å². The van der Waals surface area contributed by atoms with Crippen LogP contribution in [0.15, 0.2) is 30.3 Å². The zero-order valence-electron chi connectivity index (χ0n) is 13.6. The minimum Gasteiger partial charge on any atom is -0.496 e. The van der Waals surface area contributed by atoms with Gasteiger partial charge in [0.05, 0.1) is 7.11 Å². The van der Waals surface area contributed by atoms with E-state index in [-0.39, 0.29) is 0 Å². The molecule has 1 aliphatic rings. The van der Waals surface area contributed by atoms with Gasteiger partial charge in [-0.25, -0.2) is 0 Å². The van der Waals surface area contributed by atoms with Crippen molar-refractivity contribution < 1.29 is 4.74 Å². The average molecular weight is 288 g/mol. The second-order valence-corrected chi connectivity index (χ2v) is 6.14. The lowest BCUT2D eigenvalue weighted by molar-refractivity contribution is 0.131. The number of benzene rings is 1. The predicted octanol–water partition coefficient (Wildman–Crippen LogP) is 2.98. The highest BCUT2D eigenvalue weighted by atomic mass is 16.5. The molecule has 3 nitrogen and oxygen atoms in total. The molecule has 1 aliphatic heterocycles. The third-order valence-corrected chi connectivity index (χ3v) is 3.89. The van der Waals surface area contributed by atoms with Crippen LogP contribution in [0.3, 0.4) is 0 Å². The summed E-state index contributed by atoms with van der Waals surface area (Å²) < 4.78 is 5.37. The first-order chi connectivity index (χ1) is 10.2. The lowest BCUT2D eigenvalue weighted by atomic mass is 10.1. The third kappa shape index (κ3) is 5.18. The Morgan fingerprint density at radius 2 is 1.76 bits per heavy atom. The lowest BCUT2D eigenvalue weighted by Gasteiger charge is -2.34. The highest BCUT2D eigenvalue weighted by molar-refractivity contribution is 5.57. The van der Waals surface area contributed by atoms with Gasteiger partial charge in [-0.2, -0.15) is 0 Å². The van der Waals surface area contributed by atoms with Crippen LogP contribution in [0.5, 0.6) is 5.75 Å². The molecular formula is C18H28N2O. The largest absolute Gasteiger partial charge is 0.496 e. The molecule has 0 aliphatic carbocycles. The number of hydrogen-bond donors (Lipinski definition) is 0. The Kier molecular flexibility index (Phi) is 6.27. The van der Waals surface area contributed by atoms with Gasteiger partial charge in [0.2, 0.25) is 0 Å². The Morgan fingerprint density at radius 1 is 1.10 bits per heavy atom. The van der Waals surface area contributed by atoms with Gasteiger partial charge in [-0.15, -0.1) is 0 Å². The Balaban J connectivity index is 1.78. The molecule has 21 heavy (non-hydrogen) atoms. The maximum atomic E-state index is 5.37. The van der Waals surface area contributed by atoms with E-state index in [0.29, 0.717) is 0 Å². The highest BCUT2D eigenvalue weighted by Crippen LogP contribution is 2.18. The van der Waals surface area contributed by atoms with E-state index >= 15 is 0 Å². The summed E-state index contributed by atoms with van der Waals surface area (Å²) in [5.74, 6) is 1.71. The zero-order valence-corrected chi connectivity index (χ0v) is 13.6. The van der Waals surface area contributed by atoms with Crippen LogP contribution in [0.25, 0.3) is 6.08 Å². The molecule has 2 rings (SSSR count). The van der Waals surface area contributed by atoms with Crippen molar-refractivity contribution in [1.82, 2.24) is 9.80 Å². The van der Waals surface area contributed by atoms with Crippen LogP contribution < -0.4 is 4.74 Å². The molecule has 0 spiro atoms. The molecule has 1 aromatic carbocycles. The van der Waals surface area contributed by atoms with Crippen molar-refractivity contribution in [3.05, 3.63) is 35.9 Å². The number of rotatable bonds is 6. The normalized spacial score (nSPS) is 17.7. The number of nitrogens with zero attached hydrogens (tertiary/aromatic N) is 2. The molecule has 0 aromatic heterocycles. The molecule has 1 aromatic rings. The topological polar surface area (TPSA) is 15.7 Å². The quantitative estimate of drug-likeness (QED) is 0.800. The summed E-state index contributed by atoms with van der Waals surface area (Å²) in [4.78, 5) is 5.09. The molecule has 0 bridgehead atoms. The van der Waals surface area contributed by atoms with Gasteiger partial charge in [-0.1, -0.05) is 44.2 Å². The molecule has 0 radical (unpaired) electrons. The van der Waals surface area contributed by atoms with E-state index in [9.17, 15) is 0 Å². The first-order valence-corrected chi connectivity index (χ1v) is 7.93. The molecule has 0 N–H and O–H groups in total. The van der Waals surface area contributed by atoms with Gasteiger partial charge < -0.3 is 9.64 Å². The van der Waals surface area contributed by atoms with Crippen LogP contribution in [0.4, 0.5) is 0 Å².